The van der Waals surface area contributed by atoms with E-state index in [2.05, 4.69) is 18.5 Å². The lowest BCUT2D eigenvalue weighted by atomic mass is 9.70. The molecule has 2 N–H and O–H groups in total. The van der Waals surface area contributed by atoms with Crippen LogP contribution in [-0.4, -0.2) is 77.2 Å². The van der Waals surface area contributed by atoms with Gasteiger partial charge in [-0.3, -0.25) is 19.2 Å². The van der Waals surface area contributed by atoms with Crippen LogP contribution >= 0.6 is 0 Å². The minimum absolute atomic E-state index is 0.0505. The average Bonchev–Trinajstić information content (AvgIpc) is 3.72. The van der Waals surface area contributed by atoms with E-state index in [9.17, 15) is 24.3 Å². The highest BCUT2D eigenvalue weighted by Gasteiger charge is 2.75. The zero-order valence-electron chi connectivity index (χ0n) is 27.4. The van der Waals surface area contributed by atoms with E-state index < -0.39 is 53.6 Å². The van der Waals surface area contributed by atoms with Crippen LogP contribution in [0.3, 0.4) is 0 Å². The average molecular weight is 644 g/mol. The number of rotatable bonds is 14. The van der Waals surface area contributed by atoms with E-state index in [-0.39, 0.29) is 37.9 Å². The quantitative estimate of drug-likeness (QED) is 0.236. The summed E-state index contributed by atoms with van der Waals surface area (Å²) < 4.78 is 12.7. The number of aliphatic hydroxyl groups is 1. The lowest BCUT2D eigenvalue weighted by Crippen LogP contribution is -2.58. The third kappa shape index (κ3) is 6.36. The number of allylic oxidation sites excluding steroid dienone is 1. The highest BCUT2D eigenvalue weighted by Crippen LogP contribution is 2.59. The van der Waals surface area contributed by atoms with Gasteiger partial charge in [-0.25, -0.2) is 0 Å². The van der Waals surface area contributed by atoms with Gasteiger partial charge in [-0.1, -0.05) is 54.6 Å². The first-order valence-corrected chi connectivity index (χ1v) is 16.3. The van der Waals surface area contributed by atoms with Gasteiger partial charge < -0.3 is 29.7 Å². The van der Waals surface area contributed by atoms with Crippen LogP contribution in [0.4, 0.5) is 5.69 Å². The smallest absolute Gasteiger partial charge is 0.313 e. The number of ether oxygens (including phenoxy) is 2. The van der Waals surface area contributed by atoms with Crippen molar-refractivity contribution in [1.82, 2.24) is 10.2 Å². The van der Waals surface area contributed by atoms with Crippen LogP contribution in [0.2, 0.25) is 0 Å². The van der Waals surface area contributed by atoms with Crippen molar-refractivity contribution in [2.75, 3.05) is 24.6 Å². The van der Waals surface area contributed by atoms with Crippen molar-refractivity contribution in [3.05, 3.63) is 90.5 Å². The number of likely N-dealkylation sites (tertiary alicyclic amines) is 1. The summed E-state index contributed by atoms with van der Waals surface area (Å²) in [6.07, 6.45) is 3.52. The molecule has 2 bridgehead atoms. The molecular formula is C37H45N3O7. The molecule has 7 atom stereocenters. The van der Waals surface area contributed by atoms with Crippen molar-refractivity contribution in [2.24, 2.45) is 11.8 Å². The van der Waals surface area contributed by atoms with E-state index in [1.54, 1.807) is 24.0 Å². The van der Waals surface area contributed by atoms with E-state index in [4.69, 9.17) is 9.47 Å². The summed E-state index contributed by atoms with van der Waals surface area (Å²) >= 11 is 0. The first-order chi connectivity index (χ1) is 22.6. The lowest BCUT2D eigenvalue weighted by Gasteiger charge is -2.38. The van der Waals surface area contributed by atoms with Crippen molar-refractivity contribution in [3.63, 3.8) is 0 Å². The molecule has 5 rings (SSSR count). The molecule has 3 amide bonds. The summed E-state index contributed by atoms with van der Waals surface area (Å²) in [4.78, 5) is 58.7. The summed E-state index contributed by atoms with van der Waals surface area (Å²) in [5.74, 6) is -3.51. The molecule has 1 spiro atoms. The Kier molecular flexibility index (Phi) is 10.3. The van der Waals surface area contributed by atoms with Crippen molar-refractivity contribution in [2.45, 2.75) is 76.3 Å². The molecular weight excluding hydrogens is 598 g/mol. The number of hydrogen-bond donors (Lipinski definition) is 2. The number of benzene rings is 2. The van der Waals surface area contributed by atoms with Crippen LogP contribution in [0.25, 0.3) is 0 Å². The van der Waals surface area contributed by atoms with Crippen LogP contribution in [0.5, 0.6) is 0 Å². The monoisotopic (exact) mass is 643 g/mol. The summed E-state index contributed by atoms with van der Waals surface area (Å²) in [5, 5.41) is 13.1. The van der Waals surface area contributed by atoms with Crippen LogP contribution < -0.4 is 10.2 Å². The Hall–Kier alpha value is -4.28. The predicted molar refractivity (Wildman–Crippen MR) is 177 cm³/mol. The van der Waals surface area contributed by atoms with Crippen LogP contribution in [0, 0.1) is 25.7 Å². The SMILES string of the molecule is C=CCCC(=O)NC[C@H](OC(=O)[C@@H]1[C@H]2C(=O)N([C@H](C)CO)[C@H](C(=O)N(CC=C)c3cc(C)ccc3C)[C@]23CC[C@H]1O3)c1ccccc1. The predicted octanol–water partition coefficient (Wildman–Crippen LogP) is 3.94. The third-order valence-corrected chi connectivity index (χ3v) is 9.71. The molecule has 10 nitrogen and oxygen atoms in total. The second-order valence-electron chi connectivity index (χ2n) is 12.8. The number of nitrogens with one attached hydrogen (secondary N) is 1. The molecule has 0 saturated carbocycles. The van der Waals surface area contributed by atoms with Crippen LogP contribution in [-0.2, 0) is 28.7 Å². The molecule has 0 aliphatic carbocycles. The maximum Gasteiger partial charge on any atom is 0.313 e. The molecule has 2 aromatic carbocycles. The van der Waals surface area contributed by atoms with Crippen molar-refractivity contribution in [1.29, 1.82) is 0 Å². The molecule has 2 aromatic rings. The number of carbonyl (C=O) groups is 4. The minimum Gasteiger partial charge on any atom is -0.455 e. The van der Waals surface area contributed by atoms with Crippen LogP contribution in [0.15, 0.2) is 73.8 Å². The maximum absolute atomic E-state index is 14.7. The highest BCUT2D eigenvalue weighted by molar-refractivity contribution is 6.05. The van der Waals surface area contributed by atoms with Gasteiger partial charge in [-0.05, 0) is 62.8 Å². The molecule has 10 heteroatoms. The summed E-state index contributed by atoms with van der Waals surface area (Å²) in [6.45, 7) is 13.0. The fraction of sp³-hybridized carbons (Fsp3) is 0.459. The number of anilines is 1. The van der Waals surface area contributed by atoms with Gasteiger partial charge in [0, 0.05) is 18.7 Å². The Morgan fingerprint density at radius 2 is 1.91 bits per heavy atom. The molecule has 250 valence electrons. The first-order valence-electron chi connectivity index (χ1n) is 16.3. The lowest BCUT2D eigenvalue weighted by molar-refractivity contribution is -0.161. The van der Waals surface area contributed by atoms with E-state index >= 15 is 0 Å². The van der Waals surface area contributed by atoms with Gasteiger partial charge in [0.15, 0.2) is 0 Å². The number of esters is 1. The van der Waals surface area contributed by atoms with E-state index in [1.807, 2.05) is 62.4 Å². The Morgan fingerprint density at radius 1 is 1.17 bits per heavy atom. The molecule has 3 saturated heterocycles. The second kappa shape index (κ2) is 14.2. The van der Waals surface area contributed by atoms with E-state index in [0.717, 1.165) is 11.1 Å². The van der Waals surface area contributed by atoms with Gasteiger partial charge in [-0.15, -0.1) is 13.2 Å². The molecule has 0 radical (unpaired) electrons. The summed E-state index contributed by atoms with van der Waals surface area (Å²) in [6, 6.07) is 13.2. The largest absolute Gasteiger partial charge is 0.455 e. The molecule has 3 fully saturated rings. The van der Waals surface area contributed by atoms with Gasteiger partial charge in [0.2, 0.25) is 11.8 Å². The van der Waals surface area contributed by atoms with Gasteiger partial charge in [0.05, 0.1) is 37.1 Å². The molecule has 3 aliphatic heterocycles. The fourth-order valence-corrected chi connectivity index (χ4v) is 7.44. The van der Waals surface area contributed by atoms with Crippen molar-refractivity contribution in [3.8, 4) is 0 Å². The number of hydrogen-bond acceptors (Lipinski definition) is 7. The normalized spacial score (nSPS) is 25.5. The fourth-order valence-electron chi connectivity index (χ4n) is 7.44. The number of aliphatic hydroxyl groups excluding tert-OH is 1. The van der Waals surface area contributed by atoms with Gasteiger partial charge in [0.25, 0.3) is 5.91 Å². The molecule has 0 unspecified atom stereocenters. The third-order valence-electron chi connectivity index (χ3n) is 9.71. The standard InChI is InChI=1S/C37H45N3O7/c1-6-8-14-30(42)38-21-29(26-12-10-9-11-13-26)46-36(45)31-28-17-18-37(47-28)32(31)34(43)40(25(5)22-41)33(37)35(44)39(19-7-2)27-20-23(3)15-16-24(27)4/h6-7,9-13,15-16,20,25,28-29,31-33,41H,1-2,8,14,17-19,21-22H2,3-5H3,(H,38,42)/t25-,28-,29+,31+,32+,33-,37+/m1/s1. The number of aryl methyl sites for hydroxylation is 2. The van der Waals surface area contributed by atoms with Crippen molar-refractivity contribution >= 4 is 29.4 Å². The number of carbonyl (C=O) groups excluding carboxylic acids is 4. The first kappa shape index (κ1) is 34.1. The van der Waals surface area contributed by atoms with E-state index in [1.165, 1.54) is 4.90 Å². The topological polar surface area (TPSA) is 125 Å². The highest BCUT2D eigenvalue weighted by atomic mass is 16.6. The van der Waals surface area contributed by atoms with Gasteiger partial charge in [-0.2, -0.15) is 0 Å². The zero-order valence-corrected chi connectivity index (χ0v) is 27.4. The minimum atomic E-state index is -1.27. The Morgan fingerprint density at radius 3 is 2.60 bits per heavy atom. The van der Waals surface area contributed by atoms with Gasteiger partial charge >= 0.3 is 5.97 Å². The molecule has 3 aliphatic rings. The molecule has 47 heavy (non-hydrogen) atoms. The maximum atomic E-state index is 14.7. The number of nitrogens with zero attached hydrogens (tertiary/aromatic N) is 2. The zero-order chi connectivity index (χ0) is 33.9. The van der Waals surface area contributed by atoms with Crippen molar-refractivity contribution < 1.29 is 33.8 Å². The molecule has 3 heterocycles. The van der Waals surface area contributed by atoms with E-state index in [0.29, 0.717) is 30.5 Å². The number of fused-ring (bicyclic) bond motifs is 1. The molecule has 0 aromatic heterocycles. The van der Waals surface area contributed by atoms with Gasteiger partial charge in [0.1, 0.15) is 17.7 Å². The summed E-state index contributed by atoms with van der Waals surface area (Å²) in [7, 11) is 0. The second-order valence-corrected chi connectivity index (χ2v) is 12.8. The Balaban J connectivity index is 1.48. The Labute approximate surface area is 276 Å². The summed E-state index contributed by atoms with van der Waals surface area (Å²) in [5.41, 5.74) is 1.97. The number of amides is 3. The van der Waals surface area contributed by atoms with Crippen LogP contribution in [0.1, 0.15) is 55.4 Å². The Bertz CT molecular complexity index is 1530.